The van der Waals surface area contributed by atoms with Crippen molar-refractivity contribution in [1.29, 1.82) is 0 Å². The fraction of sp³-hybridized carbons (Fsp3) is 0.600. The van der Waals surface area contributed by atoms with Crippen LogP contribution in [0.1, 0.15) is 30.0 Å². The standard InChI is InChI=1S/C20H32N6/c1-23(2)19-11-16(8-9-21-19)13-24(3)14-17-7-6-10-25(4)20(17)18-12-22-26(5)15-18/h8-9,11-12,15,17,20H,6-7,10,13-14H2,1-5H3/t17-,20+/m0/s1. The molecule has 0 spiro atoms. The first-order valence-electron chi connectivity index (χ1n) is 9.43. The third-order valence-electron chi connectivity index (χ3n) is 5.34. The molecule has 0 radical (unpaired) electrons. The van der Waals surface area contributed by atoms with E-state index in [4.69, 9.17) is 0 Å². The van der Waals surface area contributed by atoms with Crippen LogP contribution < -0.4 is 4.90 Å². The lowest BCUT2D eigenvalue weighted by Gasteiger charge is -2.40. The molecule has 0 aliphatic carbocycles. The molecule has 0 bridgehead atoms. The van der Waals surface area contributed by atoms with E-state index in [1.807, 2.05) is 38.2 Å². The average molecular weight is 357 g/mol. The number of pyridine rings is 1. The van der Waals surface area contributed by atoms with E-state index < -0.39 is 0 Å². The van der Waals surface area contributed by atoms with Crippen LogP contribution >= 0.6 is 0 Å². The molecule has 0 amide bonds. The van der Waals surface area contributed by atoms with Crippen LogP contribution in [0.2, 0.25) is 0 Å². The van der Waals surface area contributed by atoms with E-state index in [0.717, 1.165) is 25.5 Å². The minimum absolute atomic E-state index is 0.453. The van der Waals surface area contributed by atoms with Gasteiger partial charge in [0.25, 0.3) is 0 Å². The van der Waals surface area contributed by atoms with Crippen molar-refractivity contribution in [1.82, 2.24) is 24.6 Å². The Morgan fingerprint density at radius 1 is 1.23 bits per heavy atom. The summed E-state index contributed by atoms with van der Waals surface area (Å²) in [6.45, 7) is 3.20. The molecule has 6 heteroatoms. The summed E-state index contributed by atoms with van der Waals surface area (Å²) in [5.74, 6) is 1.64. The Balaban J connectivity index is 1.68. The quantitative estimate of drug-likeness (QED) is 0.795. The lowest BCUT2D eigenvalue weighted by atomic mass is 9.85. The van der Waals surface area contributed by atoms with E-state index in [-0.39, 0.29) is 0 Å². The number of anilines is 1. The molecule has 1 aliphatic heterocycles. The van der Waals surface area contributed by atoms with E-state index in [2.05, 4.69) is 57.2 Å². The zero-order valence-corrected chi connectivity index (χ0v) is 16.8. The van der Waals surface area contributed by atoms with E-state index in [9.17, 15) is 0 Å². The highest BCUT2D eigenvalue weighted by atomic mass is 15.3. The molecule has 2 aromatic rings. The van der Waals surface area contributed by atoms with Crippen LogP contribution in [-0.4, -0.2) is 65.8 Å². The van der Waals surface area contributed by atoms with Gasteiger partial charge in [-0.2, -0.15) is 5.10 Å². The first kappa shape index (κ1) is 18.9. The van der Waals surface area contributed by atoms with E-state index in [1.165, 1.54) is 24.0 Å². The van der Waals surface area contributed by atoms with Crippen molar-refractivity contribution < 1.29 is 0 Å². The molecule has 6 nitrogen and oxygen atoms in total. The molecular formula is C20H32N6. The lowest BCUT2D eigenvalue weighted by Crippen LogP contribution is -2.40. The van der Waals surface area contributed by atoms with Gasteiger partial charge >= 0.3 is 0 Å². The van der Waals surface area contributed by atoms with Gasteiger partial charge in [0, 0.05) is 58.2 Å². The van der Waals surface area contributed by atoms with E-state index in [1.54, 1.807) is 0 Å². The van der Waals surface area contributed by atoms with Gasteiger partial charge in [-0.25, -0.2) is 4.98 Å². The largest absolute Gasteiger partial charge is 0.363 e. The van der Waals surface area contributed by atoms with Crippen LogP contribution in [-0.2, 0) is 13.6 Å². The summed E-state index contributed by atoms with van der Waals surface area (Å²) in [6.07, 6.45) is 8.65. The molecule has 2 atom stereocenters. The molecule has 26 heavy (non-hydrogen) atoms. The zero-order chi connectivity index (χ0) is 18.7. The Morgan fingerprint density at radius 2 is 2.04 bits per heavy atom. The molecule has 0 unspecified atom stereocenters. The first-order chi connectivity index (χ1) is 12.4. The fourth-order valence-electron chi connectivity index (χ4n) is 4.15. The highest BCUT2D eigenvalue weighted by Crippen LogP contribution is 2.35. The number of hydrogen-bond acceptors (Lipinski definition) is 5. The molecular weight excluding hydrogens is 324 g/mol. The minimum Gasteiger partial charge on any atom is -0.363 e. The minimum atomic E-state index is 0.453. The summed E-state index contributed by atoms with van der Waals surface area (Å²) in [7, 11) is 10.5. The Labute approximate surface area is 157 Å². The second-order valence-electron chi connectivity index (χ2n) is 7.89. The van der Waals surface area contributed by atoms with Gasteiger partial charge in [0.1, 0.15) is 5.82 Å². The SMILES string of the molecule is CN(Cc1ccnc(N(C)C)c1)C[C@@H]1CCCN(C)[C@H]1c1cnn(C)c1. The number of rotatable bonds is 6. The summed E-state index contributed by atoms with van der Waals surface area (Å²) >= 11 is 0. The van der Waals surface area contributed by atoms with Crippen molar-refractivity contribution in [2.75, 3.05) is 46.2 Å². The van der Waals surface area contributed by atoms with Gasteiger partial charge in [-0.1, -0.05) is 0 Å². The lowest BCUT2D eigenvalue weighted by molar-refractivity contribution is 0.0926. The number of likely N-dealkylation sites (tertiary alicyclic amines) is 1. The number of aryl methyl sites for hydroxylation is 1. The highest BCUT2D eigenvalue weighted by molar-refractivity contribution is 5.38. The van der Waals surface area contributed by atoms with Crippen molar-refractivity contribution in [3.63, 3.8) is 0 Å². The molecule has 1 aliphatic rings. The van der Waals surface area contributed by atoms with Crippen molar-refractivity contribution in [3.05, 3.63) is 41.9 Å². The average Bonchev–Trinajstić information content (AvgIpc) is 3.01. The van der Waals surface area contributed by atoms with Gasteiger partial charge in [-0.3, -0.25) is 9.58 Å². The molecule has 1 fully saturated rings. The second kappa shape index (κ2) is 8.18. The fourth-order valence-corrected chi connectivity index (χ4v) is 4.15. The van der Waals surface area contributed by atoms with Gasteiger partial charge < -0.3 is 9.80 Å². The van der Waals surface area contributed by atoms with Gasteiger partial charge in [-0.15, -0.1) is 0 Å². The topological polar surface area (TPSA) is 40.4 Å². The van der Waals surface area contributed by atoms with Gasteiger partial charge in [0.2, 0.25) is 0 Å². The van der Waals surface area contributed by atoms with Crippen LogP contribution in [0.4, 0.5) is 5.82 Å². The summed E-state index contributed by atoms with van der Waals surface area (Å²) < 4.78 is 1.91. The van der Waals surface area contributed by atoms with Crippen molar-refractivity contribution in [2.45, 2.75) is 25.4 Å². The maximum Gasteiger partial charge on any atom is 0.128 e. The maximum atomic E-state index is 4.42. The molecule has 3 rings (SSSR count). The van der Waals surface area contributed by atoms with Crippen molar-refractivity contribution in [3.8, 4) is 0 Å². The Kier molecular flexibility index (Phi) is 5.94. The third-order valence-corrected chi connectivity index (χ3v) is 5.34. The Hall–Kier alpha value is -1.92. The molecule has 0 aromatic carbocycles. The van der Waals surface area contributed by atoms with Crippen LogP contribution in [0.3, 0.4) is 0 Å². The van der Waals surface area contributed by atoms with E-state index >= 15 is 0 Å². The first-order valence-corrected chi connectivity index (χ1v) is 9.43. The second-order valence-corrected chi connectivity index (χ2v) is 7.89. The molecule has 1 saturated heterocycles. The number of nitrogens with zero attached hydrogens (tertiary/aromatic N) is 6. The summed E-state index contributed by atoms with van der Waals surface area (Å²) in [4.78, 5) is 11.4. The molecule has 0 saturated carbocycles. The summed E-state index contributed by atoms with van der Waals surface area (Å²) in [5, 5.41) is 4.40. The predicted octanol–water partition coefficient (Wildman–Crippen LogP) is 2.40. The normalized spacial score (nSPS) is 21.3. The van der Waals surface area contributed by atoms with Gasteiger partial charge in [-0.05, 0) is 57.1 Å². The van der Waals surface area contributed by atoms with Gasteiger partial charge in [0.05, 0.1) is 6.20 Å². The third kappa shape index (κ3) is 4.43. The molecule has 142 valence electrons. The van der Waals surface area contributed by atoms with Crippen LogP contribution in [0, 0.1) is 5.92 Å². The number of aromatic nitrogens is 3. The van der Waals surface area contributed by atoms with Crippen LogP contribution in [0.15, 0.2) is 30.7 Å². The predicted molar refractivity (Wildman–Crippen MR) is 106 cm³/mol. The van der Waals surface area contributed by atoms with Crippen molar-refractivity contribution in [2.24, 2.45) is 13.0 Å². The van der Waals surface area contributed by atoms with Crippen LogP contribution in [0.5, 0.6) is 0 Å². The molecule has 2 aromatic heterocycles. The maximum absolute atomic E-state index is 4.42. The smallest absolute Gasteiger partial charge is 0.128 e. The number of piperidine rings is 1. The molecule has 3 heterocycles. The Bertz CT molecular complexity index is 710. The summed E-state index contributed by atoms with van der Waals surface area (Å²) in [5.41, 5.74) is 2.65. The number of hydrogen-bond donors (Lipinski definition) is 0. The van der Waals surface area contributed by atoms with Gasteiger partial charge in [0.15, 0.2) is 0 Å². The Morgan fingerprint density at radius 3 is 2.73 bits per heavy atom. The zero-order valence-electron chi connectivity index (χ0n) is 16.8. The van der Waals surface area contributed by atoms with E-state index in [0.29, 0.717) is 12.0 Å². The van der Waals surface area contributed by atoms with Crippen LogP contribution in [0.25, 0.3) is 0 Å². The summed E-state index contributed by atoms with van der Waals surface area (Å²) in [6, 6.07) is 4.76. The highest BCUT2D eigenvalue weighted by Gasteiger charge is 2.32. The molecule has 0 N–H and O–H groups in total. The van der Waals surface area contributed by atoms with Crippen molar-refractivity contribution >= 4 is 5.82 Å². The monoisotopic (exact) mass is 356 g/mol.